The Morgan fingerprint density at radius 2 is 1.88 bits per heavy atom. The Morgan fingerprint density at radius 3 is 2.47 bits per heavy atom. The smallest absolute Gasteiger partial charge is 0.151 e. The minimum absolute atomic E-state index is 0.0587. The number of nitrogens with zero attached hydrogens (tertiary/aromatic N) is 1. The summed E-state index contributed by atoms with van der Waals surface area (Å²) in [6.07, 6.45) is 1.62. The molecular formula is C12H11F2N3. The van der Waals surface area contributed by atoms with Crippen LogP contribution in [0.1, 0.15) is 5.69 Å². The van der Waals surface area contributed by atoms with Crippen molar-refractivity contribution in [2.45, 2.75) is 6.54 Å². The number of rotatable bonds is 3. The third kappa shape index (κ3) is 2.69. The molecule has 0 atom stereocenters. The summed E-state index contributed by atoms with van der Waals surface area (Å²) in [5.74, 6) is -1.42. The second-order valence-electron chi connectivity index (χ2n) is 3.53. The molecule has 88 valence electrons. The van der Waals surface area contributed by atoms with Gasteiger partial charge in [-0.2, -0.15) is 0 Å². The minimum Gasteiger partial charge on any atom is -0.399 e. The van der Waals surface area contributed by atoms with Crippen LogP contribution in [0.3, 0.4) is 0 Å². The van der Waals surface area contributed by atoms with Crippen LogP contribution in [0.5, 0.6) is 0 Å². The van der Waals surface area contributed by atoms with Crippen molar-refractivity contribution in [3.05, 3.63) is 53.9 Å². The lowest BCUT2D eigenvalue weighted by Gasteiger charge is -2.08. The predicted octanol–water partition coefficient (Wildman–Crippen LogP) is 2.55. The van der Waals surface area contributed by atoms with Crippen LogP contribution < -0.4 is 11.1 Å². The molecular weight excluding hydrogens is 224 g/mol. The van der Waals surface area contributed by atoms with Crippen LogP contribution in [0, 0.1) is 11.6 Å². The highest BCUT2D eigenvalue weighted by Gasteiger charge is 2.09. The molecule has 5 heteroatoms. The quantitative estimate of drug-likeness (QED) is 0.804. The van der Waals surface area contributed by atoms with Gasteiger partial charge in [-0.25, -0.2) is 8.78 Å². The summed E-state index contributed by atoms with van der Waals surface area (Å²) in [7, 11) is 0. The van der Waals surface area contributed by atoms with Crippen molar-refractivity contribution in [1.29, 1.82) is 0 Å². The Balaban J connectivity index is 2.15. The van der Waals surface area contributed by atoms with Crippen molar-refractivity contribution in [1.82, 2.24) is 4.98 Å². The average Bonchev–Trinajstić information content (AvgIpc) is 2.29. The number of nitrogen functional groups attached to an aromatic ring is 1. The van der Waals surface area contributed by atoms with Crippen LogP contribution in [0.15, 0.2) is 36.5 Å². The maximum atomic E-state index is 13.4. The maximum Gasteiger partial charge on any atom is 0.151 e. The van der Waals surface area contributed by atoms with E-state index in [0.29, 0.717) is 5.69 Å². The Kier molecular flexibility index (Phi) is 3.18. The molecule has 0 aliphatic rings. The fraction of sp³-hybridized carbons (Fsp3) is 0.0833. The Hall–Kier alpha value is -2.17. The molecule has 0 unspecified atom stereocenters. The van der Waals surface area contributed by atoms with E-state index in [-0.39, 0.29) is 17.9 Å². The molecule has 17 heavy (non-hydrogen) atoms. The Labute approximate surface area is 97.3 Å². The van der Waals surface area contributed by atoms with E-state index < -0.39 is 11.6 Å². The summed E-state index contributed by atoms with van der Waals surface area (Å²) in [6.45, 7) is 0.249. The maximum absolute atomic E-state index is 13.4. The van der Waals surface area contributed by atoms with E-state index in [2.05, 4.69) is 10.3 Å². The highest BCUT2D eigenvalue weighted by Crippen LogP contribution is 2.22. The fourth-order valence-electron chi connectivity index (χ4n) is 1.44. The summed E-state index contributed by atoms with van der Waals surface area (Å²) in [5, 5.41) is 2.66. The first-order valence-electron chi connectivity index (χ1n) is 5.05. The molecule has 3 N–H and O–H groups in total. The van der Waals surface area contributed by atoms with E-state index in [1.807, 2.05) is 0 Å². The van der Waals surface area contributed by atoms with Gasteiger partial charge in [0.15, 0.2) is 11.6 Å². The number of benzene rings is 1. The predicted molar refractivity (Wildman–Crippen MR) is 62.3 cm³/mol. The van der Waals surface area contributed by atoms with Gasteiger partial charge in [0, 0.05) is 11.9 Å². The summed E-state index contributed by atoms with van der Waals surface area (Å²) < 4.78 is 26.8. The van der Waals surface area contributed by atoms with E-state index in [4.69, 9.17) is 5.73 Å². The second kappa shape index (κ2) is 4.78. The van der Waals surface area contributed by atoms with E-state index in [9.17, 15) is 8.78 Å². The van der Waals surface area contributed by atoms with Gasteiger partial charge in [-0.15, -0.1) is 0 Å². The molecule has 0 saturated carbocycles. The highest BCUT2D eigenvalue weighted by molar-refractivity contribution is 5.54. The van der Waals surface area contributed by atoms with Crippen molar-refractivity contribution in [3.63, 3.8) is 0 Å². The monoisotopic (exact) mass is 235 g/mol. The average molecular weight is 235 g/mol. The lowest BCUT2D eigenvalue weighted by atomic mass is 10.2. The Morgan fingerprint density at radius 1 is 1.18 bits per heavy atom. The summed E-state index contributed by atoms with van der Waals surface area (Å²) in [4.78, 5) is 4.04. The number of hydrogen-bond donors (Lipinski definition) is 2. The number of hydrogen-bond acceptors (Lipinski definition) is 3. The molecule has 1 aromatic carbocycles. The zero-order valence-electron chi connectivity index (χ0n) is 8.95. The second-order valence-corrected chi connectivity index (χ2v) is 3.53. The zero-order valence-corrected chi connectivity index (χ0v) is 8.95. The van der Waals surface area contributed by atoms with E-state index >= 15 is 0 Å². The summed E-state index contributed by atoms with van der Waals surface area (Å²) >= 11 is 0. The first-order chi connectivity index (χ1) is 8.16. The Bertz CT molecular complexity index is 491. The topological polar surface area (TPSA) is 50.9 Å². The molecule has 0 amide bonds. The number of halogens is 2. The lowest BCUT2D eigenvalue weighted by molar-refractivity contribution is 0.589. The number of nitrogens with two attached hydrogens (primary N) is 1. The molecule has 0 saturated heterocycles. The molecule has 0 fully saturated rings. The van der Waals surface area contributed by atoms with Crippen molar-refractivity contribution < 1.29 is 8.78 Å². The molecule has 0 radical (unpaired) electrons. The molecule has 0 aliphatic carbocycles. The van der Waals surface area contributed by atoms with E-state index in [1.165, 1.54) is 0 Å². The molecule has 3 nitrogen and oxygen atoms in total. The molecule has 0 spiro atoms. The SMILES string of the molecule is Nc1cc(F)c(NCc2ccccn2)c(F)c1. The normalized spacial score (nSPS) is 10.2. The molecule has 1 aromatic heterocycles. The van der Waals surface area contributed by atoms with Crippen LogP contribution in [0.2, 0.25) is 0 Å². The molecule has 0 bridgehead atoms. The number of anilines is 2. The zero-order chi connectivity index (χ0) is 12.3. The van der Waals surface area contributed by atoms with Crippen LogP contribution >= 0.6 is 0 Å². The highest BCUT2D eigenvalue weighted by atomic mass is 19.1. The van der Waals surface area contributed by atoms with Gasteiger partial charge < -0.3 is 11.1 Å². The molecule has 0 aliphatic heterocycles. The molecule has 2 rings (SSSR count). The largest absolute Gasteiger partial charge is 0.399 e. The molecule has 1 heterocycles. The van der Waals surface area contributed by atoms with Gasteiger partial charge in [-0.3, -0.25) is 4.98 Å². The van der Waals surface area contributed by atoms with Gasteiger partial charge in [0.2, 0.25) is 0 Å². The van der Waals surface area contributed by atoms with Gasteiger partial charge >= 0.3 is 0 Å². The summed E-state index contributed by atoms with van der Waals surface area (Å²) in [6, 6.07) is 7.49. The third-order valence-electron chi connectivity index (χ3n) is 2.24. The number of aromatic nitrogens is 1. The van der Waals surface area contributed by atoms with Crippen LogP contribution in [0.25, 0.3) is 0 Å². The molecule has 2 aromatic rings. The minimum atomic E-state index is -0.710. The summed E-state index contributed by atoms with van der Waals surface area (Å²) in [5.41, 5.74) is 5.88. The van der Waals surface area contributed by atoms with Gasteiger partial charge in [0.1, 0.15) is 5.69 Å². The van der Waals surface area contributed by atoms with Gasteiger partial charge in [0.25, 0.3) is 0 Å². The third-order valence-corrected chi connectivity index (χ3v) is 2.24. The van der Waals surface area contributed by atoms with Crippen LogP contribution in [0.4, 0.5) is 20.2 Å². The van der Waals surface area contributed by atoms with Gasteiger partial charge in [0.05, 0.1) is 12.2 Å². The van der Waals surface area contributed by atoms with Crippen molar-refractivity contribution >= 4 is 11.4 Å². The number of pyridine rings is 1. The van der Waals surface area contributed by atoms with Crippen molar-refractivity contribution in [3.8, 4) is 0 Å². The first kappa shape index (κ1) is 11.3. The van der Waals surface area contributed by atoms with Crippen molar-refractivity contribution in [2.75, 3.05) is 11.1 Å². The van der Waals surface area contributed by atoms with Crippen molar-refractivity contribution in [2.24, 2.45) is 0 Å². The van der Waals surface area contributed by atoms with Gasteiger partial charge in [-0.1, -0.05) is 6.07 Å². The number of nitrogens with one attached hydrogen (secondary N) is 1. The standard InChI is InChI=1S/C12H11F2N3/c13-10-5-8(15)6-11(14)12(10)17-7-9-3-1-2-4-16-9/h1-6,17H,7,15H2. The van der Waals surface area contributed by atoms with Crippen LogP contribution in [-0.2, 0) is 6.54 Å². The van der Waals surface area contributed by atoms with Crippen LogP contribution in [-0.4, -0.2) is 4.98 Å². The lowest BCUT2D eigenvalue weighted by Crippen LogP contribution is -2.05. The fourth-order valence-corrected chi connectivity index (χ4v) is 1.44. The van der Waals surface area contributed by atoms with Gasteiger partial charge in [-0.05, 0) is 24.3 Å². The first-order valence-corrected chi connectivity index (χ1v) is 5.05. The van der Waals surface area contributed by atoms with E-state index in [0.717, 1.165) is 12.1 Å². The van der Waals surface area contributed by atoms with E-state index in [1.54, 1.807) is 24.4 Å².